The maximum absolute atomic E-state index is 12.3. The minimum atomic E-state index is -0.429. The van der Waals surface area contributed by atoms with Crippen LogP contribution in [0, 0.1) is 5.92 Å². The molecule has 7 heteroatoms. The van der Waals surface area contributed by atoms with Crippen molar-refractivity contribution in [2.75, 3.05) is 31.2 Å². The first-order chi connectivity index (χ1) is 10.6. The van der Waals surface area contributed by atoms with Gasteiger partial charge in [0, 0.05) is 29.8 Å². The van der Waals surface area contributed by atoms with Gasteiger partial charge in [0.15, 0.2) is 0 Å². The number of aliphatic hydroxyl groups excluding tert-OH is 1. The van der Waals surface area contributed by atoms with Gasteiger partial charge in [-0.1, -0.05) is 30.6 Å². The van der Waals surface area contributed by atoms with E-state index in [1.54, 1.807) is 10.8 Å². The van der Waals surface area contributed by atoms with Crippen molar-refractivity contribution in [1.82, 2.24) is 4.90 Å². The molecule has 1 heterocycles. The number of aliphatic hydroxyl groups is 1. The summed E-state index contributed by atoms with van der Waals surface area (Å²) in [7, 11) is 1.64. The summed E-state index contributed by atoms with van der Waals surface area (Å²) in [5.41, 5.74) is 5.95. The molecular weight excluding hydrogens is 336 g/mol. The van der Waals surface area contributed by atoms with Gasteiger partial charge in [0.25, 0.3) is 0 Å². The number of likely N-dealkylation sites (tertiary alicyclic amines) is 1. The number of thiol groups is 1. The minimum absolute atomic E-state index is 0.0731. The van der Waals surface area contributed by atoms with Crippen molar-refractivity contribution < 1.29 is 9.90 Å². The molecule has 4 nitrogen and oxygen atoms in total. The standard InChI is InChI=1S/C15H30N2O2S3/c1-12(22-20)3-2-4-13-5-7-17(8-6-13)15(19)14(16)11-21-10-9-18/h12-14,18,20H,2-11,16H2,1H3. The maximum atomic E-state index is 12.3. The van der Waals surface area contributed by atoms with Gasteiger partial charge in [-0.15, -0.1) is 11.7 Å². The molecule has 1 rings (SSSR count). The highest BCUT2D eigenvalue weighted by Gasteiger charge is 2.26. The second-order valence-corrected chi connectivity index (χ2v) is 8.82. The Morgan fingerprint density at radius 2 is 2.14 bits per heavy atom. The van der Waals surface area contributed by atoms with E-state index in [0.29, 0.717) is 16.8 Å². The SMILES string of the molecule is CC(CCCC1CCN(C(=O)C(N)CSCCO)CC1)SS. The highest BCUT2D eigenvalue weighted by atomic mass is 33.1. The van der Waals surface area contributed by atoms with E-state index in [1.807, 2.05) is 4.90 Å². The highest BCUT2D eigenvalue weighted by Crippen LogP contribution is 2.26. The third-order valence-electron chi connectivity index (χ3n) is 4.18. The fraction of sp³-hybridized carbons (Fsp3) is 0.933. The zero-order chi connectivity index (χ0) is 16.4. The number of hydrogen-bond donors (Lipinski definition) is 3. The molecule has 2 atom stereocenters. The average Bonchev–Trinajstić information content (AvgIpc) is 2.54. The number of carbonyl (C=O) groups excluding carboxylic acids is 1. The van der Waals surface area contributed by atoms with Gasteiger partial charge in [0.1, 0.15) is 0 Å². The van der Waals surface area contributed by atoms with Crippen molar-refractivity contribution in [1.29, 1.82) is 0 Å². The zero-order valence-electron chi connectivity index (χ0n) is 13.4. The zero-order valence-corrected chi connectivity index (χ0v) is 16.0. The molecule has 1 aliphatic rings. The van der Waals surface area contributed by atoms with Gasteiger partial charge in [0.2, 0.25) is 5.91 Å². The quantitative estimate of drug-likeness (QED) is 0.315. The Morgan fingerprint density at radius 1 is 1.45 bits per heavy atom. The molecule has 0 aromatic rings. The first kappa shape index (κ1) is 20.5. The van der Waals surface area contributed by atoms with E-state index >= 15 is 0 Å². The van der Waals surface area contributed by atoms with Crippen LogP contribution in [0.4, 0.5) is 0 Å². The van der Waals surface area contributed by atoms with Crippen LogP contribution in [0.2, 0.25) is 0 Å². The molecule has 22 heavy (non-hydrogen) atoms. The predicted octanol–water partition coefficient (Wildman–Crippen LogP) is 2.41. The van der Waals surface area contributed by atoms with Gasteiger partial charge in [0.05, 0.1) is 12.6 Å². The first-order valence-corrected chi connectivity index (χ1v) is 11.2. The molecule has 1 amide bonds. The lowest BCUT2D eigenvalue weighted by atomic mass is 9.91. The molecule has 1 fully saturated rings. The fourth-order valence-electron chi connectivity index (χ4n) is 2.77. The summed E-state index contributed by atoms with van der Waals surface area (Å²) in [5.74, 6) is 2.06. The van der Waals surface area contributed by atoms with Gasteiger partial charge in [-0.25, -0.2) is 0 Å². The lowest BCUT2D eigenvalue weighted by molar-refractivity contribution is -0.133. The summed E-state index contributed by atoms with van der Waals surface area (Å²) < 4.78 is 0. The number of amides is 1. The van der Waals surface area contributed by atoms with E-state index in [0.717, 1.165) is 31.8 Å². The third-order valence-corrected chi connectivity index (χ3v) is 6.92. The third kappa shape index (κ3) is 7.81. The van der Waals surface area contributed by atoms with Crippen molar-refractivity contribution in [3.63, 3.8) is 0 Å². The van der Waals surface area contributed by atoms with E-state index < -0.39 is 6.04 Å². The molecule has 0 bridgehead atoms. The van der Waals surface area contributed by atoms with Crippen molar-refractivity contribution in [2.45, 2.75) is 50.3 Å². The van der Waals surface area contributed by atoms with Crippen LogP contribution in [0.5, 0.6) is 0 Å². The molecule has 2 unspecified atom stereocenters. The van der Waals surface area contributed by atoms with E-state index in [2.05, 4.69) is 18.6 Å². The molecule has 130 valence electrons. The normalized spacial score (nSPS) is 19.2. The summed E-state index contributed by atoms with van der Waals surface area (Å²) in [4.78, 5) is 14.2. The lowest BCUT2D eigenvalue weighted by Crippen LogP contribution is -2.48. The number of hydrogen-bond acceptors (Lipinski definition) is 6. The van der Waals surface area contributed by atoms with E-state index in [4.69, 9.17) is 10.8 Å². The Balaban J connectivity index is 2.19. The smallest absolute Gasteiger partial charge is 0.240 e. The lowest BCUT2D eigenvalue weighted by Gasteiger charge is -2.33. The summed E-state index contributed by atoms with van der Waals surface area (Å²) in [6.07, 6.45) is 5.94. The molecule has 0 spiro atoms. The summed E-state index contributed by atoms with van der Waals surface area (Å²) in [6.45, 7) is 4.05. The van der Waals surface area contributed by atoms with E-state index in [-0.39, 0.29) is 12.5 Å². The van der Waals surface area contributed by atoms with Gasteiger partial charge in [-0.2, -0.15) is 11.8 Å². The number of carbonyl (C=O) groups is 1. The second-order valence-electron chi connectivity index (χ2n) is 6.02. The maximum Gasteiger partial charge on any atom is 0.240 e. The summed E-state index contributed by atoms with van der Waals surface area (Å²) in [5, 5.41) is 9.38. The van der Waals surface area contributed by atoms with Gasteiger partial charge in [-0.3, -0.25) is 4.79 Å². The molecule has 1 saturated heterocycles. The van der Waals surface area contributed by atoms with Crippen LogP contribution in [-0.2, 0) is 4.79 Å². The fourth-order valence-corrected chi connectivity index (χ4v) is 4.05. The number of thioether (sulfide) groups is 1. The van der Waals surface area contributed by atoms with Gasteiger partial charge < -0.3 is 15.7 Å². The average molecular weight is 367 g/mol. The number of piperidine rings is 1. The molecule has 0 radical (unpaired) electrons. The Kier molecular flexibility index (Phi) is 11.1. The Labute approximate surface area is 148 Å². The van der Waals surface area contributed by atoms with Crippen molar-refractivity contribution in [3.8, 4) is 0 Å². The Bertz CT molecular complexity index is 313. The van der Waals surface area contributed by atoms with Crippen molar-refractivity contribution in [2.24, 2.45) is 11.7 Å². The molecule has 0 aromatic carbocycles. The molecule has 0 aromatic heterocycles. The number of rotatable bonds is 10. The largest absolute Gasteiger partial charge is 0.396 e. The Morgan fingerprint density at radius 3 is 2.73 bits per heavy atom. The molecule has 0 aliphatic carbocycles. The van der Waals surface area contributed by atoms with Gasteiger partial charge in [-0.05, 0) is 25.2 Å². The van der Waals surface area contributed by atoms with Crippen LogP contribution in [0.3, 0.4) is 0 Å². The number of nitrogens with zero attached hydrogens (tertiary/aromatic N) is 1. The number of nitrogens with two attached hydrogens (primary N) is 1. The Hall–Kier alpha value is 0.440. The second kappa shape index (κ2) is 11.9. The van der Waals surface area contributed by atoms with Crippen LogP contribution < -0.4 is 5.73 Å². The minimum Gasteiger partial charge on any atom is -0.396 e. The van der Waals surface area contributed by atoms with E-state index in [1.165, 1.54) is 31.0 Å². The highest BCUT2D eigenvalue weighted by molar-refractivity contribution is 8.68. The van der Waals surface area contributed by atoms with E-state index in [9.17, 15) is 4.79 Å². The molecule has 3 N–H and O–H groups in total. The molecular formula is C15H30N2O2S3. The first-order valence-electron chi connectivity index (χ1n) is 8.11. The summed E-state index contributed by atoms with van der Waals surface area (Å²) >= 11 is 5.78. The molecule has 0 saturated carbocycles. The van der Waals surface area contributed by atoms with Crippen LogP contribution >= 0.6 is 34.2 Å². The topological polar surface area (TPSA) is 66.6 Å². The van der Waals surface area contributed by atoms with Crippen molar-refractivity contribution in [3.05, 3.63) is 0 Å². The van der Waals surface area contributed by atoms with Gasteiger partial charge >= 0.3 is 0 Å². The van der Waals surface area contributed by atoms with Crippen molar-refractivity contribution >= 4 is 40.1 Å². The predicted molar refractivity (Wildman–Crippen MR) is 102 cm³/mol. The monoisotopic (exact) mass is 366 g/mol. The van der Waals surface area contributed by atoms with Crippen LogP contribution in [0.1, 0.15) is 39.0 Å². The molecule has 1 aliphatic heterocycles. The van der Waals surface area contributed by atoms with Crippen LogP contribution in [0.25, 0.3) is 0 Å². The summed E-state index contributed by atoms with van der Waals surface area (Å²) in [6, 6.07) is -0.429. The van der Waals surface area contributed by atoms with Crippen LogP contribution in [-0.4, -0.2) is 58.4 Å². The van der Waals surface area contributed by atoms with Crippen LogP contribution in [0.15, 0.2) is 0 Å².